The zero-order valence-electron chi connectivity index (χ0n) is 7.56. The van der Waals surface area contributed by atoms with Gasteiger partial charge in [-0.25, -0.2) is 0 Å². The SMILES string of the molecule is NC(Cc1ccccc1)CS(=O)(=O)F. The van der Waals surface area contributed by atoms with E-state index in [1.54, 1.807) is 0 Å². The van der Waals surface area contributed by atoms with Crippen molar-refractivity contribution in [3.8, 4) is 0 Å². The molecule has 0 saturated carbocycles. The molecule has 0 bridgehead atoms. The average molecular weight is 217 g/mol. The maximum absolute atomic E-state index is 12.2. The lowest BCUT2D eigenvalue weighted by molar-refractivity contribution is 0.542. The Morgan fingerprint density at radius 2 is 1.86 bits per heavy atom. The van der Waals surface area contributed by atoms with Crippen LogP contribution in [0.5, 0.6) is 0 Å². The van der Waals surface area contributed by atoms with E-state index in [4.69, 9.17) is 5.73 Å². The van der Waals surface area contributed by atoms with Crippen LogP contribution in [-0.2, 0) is 16.6 Å². The first-order valence-corrected chi connectivity index (χ1v) is 5.74. The summed E-state index contributed by atoms with van der Waals surface area (Å²) >= 11 is 0. The maximum Gasteiger partial charge on any atom is 0.303 e. The lowest BCUT2D eigenvalue weighted by Crippen LogP contribution is -2.30. The second kappa shape index (κ2) is 4.52. The normalized spacial score (nSPS) is 13.9. The van der Waals surface area contributed by atoms with Crippen molar-refractivity contribution in [2.45, 2.75) is 12.5 Å². The molecule has 0 aliphatic heterocycles. The molecule has 0 heterocycles. The van der Waals surface area contributed by atoms with Gasteiger partial charge in [-0.15, -0.1) is 3.89 Å². The van der Waals surface area contributed by atoms with Gasteiger partial charge in [0.2, 0.25) is 0 Å². The smallest absolute Gasteiger partial charge is 0.303 e. The zero-order valence-corrected chi connectivity index (χ0v) is 8.37. The zero-order chi connectivity index (χ0) is 10.6. The van der Waals surface area contributed by atoms with Crippen molar-refractivity contribution in [2.24, 2.45) is 5.73 Å². The van der Waals surface area contributed by atoms with Crippen LogP contribution in [0.1, 0.15) is 5.56 Å². The Morgan fingerprint density at radius 1 is 1.29 bits per heavy atom. The average Bonchev–Trinajstić information content (AvgIpc) is 2.02. The highest BCUT2D eigenvalue weighted by Crippen LogP contribution is 2.04. The molecule has 0 saturated heterocycles. The van der Waals surface area contributed by atoms with Gasteiger partial charge in [-0.1, -0.05) is 30.3 Å². The fourth-order valence-electron chi connectivity index (χ4n) is 1.23. The third kappa shape index (κ3) is 4.34. The third-order valence-electron chi connectivity index (χ3n) is 1.75. The van der Waals surface area contributed by atoms with Gasteiger partial charge in [-0.05, 0) is 12.0 Å². The van der Waals surface area contributed by atoms with Crippen molar-refractivity contribution < 1.29 is 12.3 Å². The summed E-state index contributed by atoms with van der Waals surface area (Å²) in [6, 6.07) is 8.46. The molecule has 1 aromatic rings. The Balaban J connectivity index is 2.54. The van der Waals surface area contributed by atoms with Gasteiger partial charge in [0.1, 0.15) is 0 Å². The first kappa shape index (κ1) is 11.1. The van der Waals surface area contributed by atoms with Crippen molar-refractivity contribution in [1.29, 1.82) is 0 Å². The van der Waals surface area contributed by atoms with Crippen LogP contribution in [0.3, 0.4) is 0 Å². The van der Waals surface area contributed by atoms with Crippen LogP contribution >= 0.6 is 0 Å². The minimum Gasteiger partial charge on any atom is -0.326 e. The Hall–Kier alpha value is -0.940. The largest absolute Gasteiger partial charge is 0.326 e. The van der Waals surface area contributed by atoms with E-state index in [9.17, 15) is 12.3 Å². The summed E-state index contributed by atoms with van der Waals surface area (Å²) < 4.78 is 32.8. The molecule has 0 aliphatic carbocycles. The first-order valence-electron chi connectivity index (χ1n) is 4.19. The molecule has 2 N–H and O–H groups in total. The molecule has 1 rings (SSSR count). The number of rotatable bonds is 4. The number of nitrogens with two attached hydrogens (primary N) is 1. The molecule has 1 atom stereocenters. The fraction of sp³-hybridized carbons (Fsp3) is 0.333. The van der Waals surface area contributed by atoms with Crippen LogP contribution in [0.15, 0.2) is 30.3 Å². The molecule has 5 heteroatoms. The van der Waals surface area contributed by atoms with E-state index >= 15 is 0 Å². The van der Waals surface area contributed by atoms with Gasteiger partial charge in [-0.3, -0.25) is 0 Å². The number of hydrogen-bond donors (Lipinski definition) is 1. The minimum atomic E-state index is -4.47. The summed E-state index contributed by atoms with van der Waals surface area (Å²) in [5.41, 5.74) is 6.38. The summed E-state index contributed by atoms with van der Waals surface area (Å²) in [5, 5.41) is 0. The van der Waals surface area contributed by atoms with Crippen molar-refractivity contribution in [2.75, 3.05) is 5.75 Å². The van der Waals surface area contributed by atoms with Crippen LogP contribution in [-0.4, -0.2) is 20.2 Å². The molecule has 1 unspecified atom stereocenters. The highest BCUT2D eigenvalue weighted by molar-refractivity contribution is 7.86. The van der Waals surface area contributed by atoms with Gasteiger partial charge < -0.3 is 5.73 Å². The second-order valence-corrected chi connectivity index (χ2v) is 4.57. The summed E-state index contributed by atoms with van der Waals surface area (Å²) in [6.45, 7) is 0. The van der Waals surface area contributed by atoms with Crippen LogP contribution in [0, 0.1) is 0 Å². The molecular weight excluding hydrogens is 205 g/mol. The van der Waals surface area contributed by atoms with Gasteiger partial charge in [0.05, 0.1) is 5.75 Å². The molecule has 1 aromatic carbocycles. The quantitative estimate of drug-likeness (QED) is 0.761. The number of halogens is 1. The second-order valence-electron chi connectivity index (χ2n) is 3.16. The van der Waals surface area contributed by atoms with Gasteiger partial charge in [0.25, 0.3) is 0 Å². The van der Waals surface area contributed by atoms with Crippen LogP contribution in [0.2, 0.25) is 0 Å². The highest BCUT2D eigenvalue weighted by Gasteiger charge is 2.14. The molecular formula is C9H12FNO2S. The van der Waals surface area contributed by atoms with E-state index < -0.39 is 22.0 Å². The monoisotopic (exact) mass is 217 g/mol. The van der Waals surface area contributed by atoms with Gasteiger partial charge >= 0.3 is 10.2 Å². The van der Waals surface area contributed by atoms with E-state index in [0.717, 1.165) is 5.56 Å². The molecule has 3 nitrogen and oxygen atoms in total. The predicted molar refractivity (Wildman–Crippen MR) is 53.0 cm³/mol. The van der Waals surface area contributed by atoms with Gasteiger partial charge in [0.15, 0.2) is 0 Å². The summed E-state index contributed by atoms with van der Waals surface area (Å²) in [4.78, 5) is 0. The summed E-state index contributed by atoms with van der Waals surface area (Å²) in [5.74, 6) is -0.623. The van der Waals surface area contributed by atoms with Crippen LogP contribution < -0.4 is 5.73 Å². The van der Waals surface area contributed by atoms with Crippen molar-refractivity contribution >= 4 is 10.2 Å². The molecule has 14 heavy (non-hydrogen) atoms. The lowest BCUT2D eigenvalue weighted by Gasteiger charge is -2.08. The van der Waals surface area contributed by atoms with Gasteiger partial charge in [0, 0.05) is 6.04 Å². The molecule has 0 aromatic heterocycles. The van der Waals surface area contributed by atoms with Crippen LogP contribution in [0.25, 0.3) is 0 Å². The molecule has 78 valence electrons. The topological polar surface area (TPSA) is 60.2 Å². The fourth-order valence-corrected chi connectivity index (χ4v) is 1.86. The lowest BCUT2D eigenvalue weighted by atomic mass is 10.1. The number of benzene rings is 1. The van der Waals surface area contributed by atoms with E-state index in [1.807, 2.05) is 30.3 Å². The van der Waals surface area contributed by atoms with E-state index in [1.165, 1.54) is 0 Å². The third-order valence-corrected chi connectivity index (χ3v) is 2.58. The molecule has 0 aliphatic rings. The molecule has 0 fully saturated rings. The van der Waals surface area contributed by atoms with Gasteiger partial charge in [-0.2, -0.15) is 8.42 Å². The van der Waals surface area contributed by atoms with Crippen LogP contribution in [0.4, 0.5) is 3.89 Å². The van der Waals surface area contributed by atoms with Crippen molar-refractivity contribution in [3.05, 3.63) is 35.9 Å². The molecule has 0 amide bonds. The Morgan fingerprint density at radius 3 is 2.36 bits per heavy atom. The van der Waals surface area contributed by atoms with E-state index in [-0.39, 0.29) is 0 Å². The Bertz CT molecular complexity index is 377. The van der Waals surface area contributed by atoms with E-state index in [0.29, 0.717) is 6.42 Å². The first-order chi connectivity index (χ1) is 6.47. The standard InChI is InChI=1S/C9H12FNO2S/c10-14(12,13)7-9(11)6-8-4-2-1-3-5-8/h1-5,9H,6-7,11H2. The molecule has 0 radical (unpaired) electrons. The minimum absolute atomic E-state index is 0.365. The highest BCUT2D eigenvalue weighted by atomic mass is 32.3. The predicted octanol–water partition coefficient (Wildman–Crippen LogP) is 0.856. The Kier molecular flexibility index (Phi) is 3.60. The summed E-state index contributed by atoms with van der Waals surface area (Å²) in [6.07, 6.45) is 0.365. The Labute approximate surface area is 83.0 Å². The van der Waals surface area contributed by atoms with Crippen molar-refractivity contribution in [1.82, 2.24) is 0 Å². The summed E-state index contributed by atoms with van der Waals surface area (Å²) in [7, 11) is -4.47. The molecule has 0 spiro atoms. The van der Waals surface area contributed by atoms with Crippen molar-refractivity contribution in [3.63, 3.8) is 0 Å². The van der Waals surface area contributed by atoms with E-state index in [2.05, 4.69) is 0 Å². The number of hydrogen-bond acceptors (Lipinski definition) is 3. The maximum atomic E-state index is 12.2.